The average Bonchev–Trinajstić information content (AvgIpc) is 3.14. The maximum Gasteiger partial charge on any atom is 0.341 e. The topological polar surface area (TPSA) is 97.3 Å². The number of anilines is 1. The molecule has 1 aromatic carbocycles. The van der Waals surface area contributed by atoms with E-state index in [0.29, 0.717) is 41.2 Å². The molecule has 0 amide bonds. The molecule has 2 atom stereocenters. The van der Waals surface area contributed by atoms with E-state index in [1.165, 1.54) is 6.07 Å². The molecule has 0 bridgehead atoms. The molecule has 4 heterocycles. The van der Waals surface area contributed by atoms with Gasteiger partial charge < -0.3 is 20.5 Å². The third-order valence-electron chi connectivity index (χ3n) is 6.70. The highest BCUT2D eigenvalue weighted by atomic mass is 19.1. The molecule has 7 nitrogen and oxygen atoms in total. The summed E-state index contributed by atoms with van der Waals surface area (Å²) < 4.78 is 22.5. The largest absolute Gasteiger partial charge is 0.477 e. The van der Waals surface area contributed by atoms with Gasteiger partial charge in [0.25, 0.3) is 5.56 Å². The molecule has 1 aliphatic carbocycles. The van der Waals surface area contributed by atoms with Gasteiger partial charge >= 0.3 is 5.97 Å². The lowest BCUT2D eigenvalue weighted by molar-refractivity contribution is 0.0694. The lowest BCUT2D eigenvalue weighted by Gasteiger charge is -2.28. The minimum absolute atomic E-state index is 0.0334. The maximum atomic E-state index is 15.5. The van der Waals surface area contributed by atoms with Crippen LogP contribution in [0.5, 0.6) is 11.5 Å². The second-order valence-corrected chi connectivity index (χ2v) is 8.39. The van der Waals surface area contributed by atoms with Gasteiger partial charge in [0.15, 0.2) is 11.6 Å². The zero-order chi connectivity index (χ0) is 20.8. The lowest BCUT2D eigenvalue weighted by atomic mass is 9.97. The third-order valence-corrected chi connectivity index (χ3v) is 6.70. The summed E-state index contributed by atoms with van der Waals surface area (Å²) in [5, 5.41) is 9.43. The molecule has 3 aliphatic rings. The molecule has 1 saturated carbocycles. The van der Waals surface area contributed by atoms with Crippen LogP contribution in [-0.4, -0.2) is 34.6 Å². The lowest BCUT2D eigenvalue weighted by Crippen LogP contribution is -2.28. The van der Waals surface area contributed by atoms with Crippen molar-refractivity contribution in [1.29, 1.82) is 0 Å². The number of carboxylic acids is 1. The summed E-state index contributed by atoms with van der Waals surface area (Å²) in [5.74, 6) is -1.25. The van der Waals surface area contributed by atoms with Crippen LogP contribution in [0.1, 0.15) is 23.2 Å². The normalized spacial score (nSPS) is 23.5. The smallest absolute Gasteiger partial charge is 0.341 e. The van der Waals surface area contributed by atoms with Crippen molar-refractivity contribution in [1.82, 2.24) is 4.40 Å². The van der Waals surface area contributed by atoms with Crippen LogP contribution in [0.3, 0.4) is 0 Å². The monoisotopic (exact) mass is 407 g/mol. The maximum absolute atomic E-state index is 15.5. The van der Waals surface area contributed by atoms with Crippen LogP contribution in [0.15, 0.2) is 41.3 Å². The highest BCUT2D eigenvalue weighted by Crippen LogP contribution is 2.55. The molecular formula is C22H18FN3O4. The fourth-order valence-corrected chi connectivity index (χ4v) is 5.00. The van der Waals surface area contributed by atoms with Gasteiger partial charge in [-0.15, -0.1) is 0 Å². The molecule has 3 aromatic rings. The second kappa shape index (κ2) is 5.60. The summed E-state index contributed by atoms with van der Waals surface area (Å²) in [7, 11) is 0. The number of hydrogen-bond acceptors (Lipinski definition) is 5. The summed E-state index contributed by atoms with van der Waals surface area (Å²) in [5.41, 5.74) is 6.91. The number of nitrogens with two attached hydrogens (primary N) is 1. The van der Waals surface area contributed by atoms with Crippen molar-refractivity contribution in [2.75, 3.05) is 18.0 Å². The summed E-state index contributed by atoms with van der Waals surface area (Å²) >= 11 is 0. The number of halogens is 1. The number of nitrogens with zero attached hydrogens (tertiary/aromatic N) is 2. The van der Waals surface area contributed by atoms with Gasteiger partial charge in [-0.05, 0) is 18.9 Å². The first kappa shape index (κ1) is 17.5. The van der Waals surface area contributed by atoms with Crippen molar-refractivity contribution < 1.29 is 19.0 Å². The number of hydrogen-bond donors (Lipinski definition) is 2. The van der Waals surface area contributed by atoms with Crippen LogP contribution in [0.2, 0.25) is 0 Å². The van der Waals surface area contributed by atoms with Gasteiger partial charge in [0.1, 0.15) is 16.8 Å². The molecule has 3 N–H and O–H groups in total. The first-order valence-electron chi connectivity index (χ1n) is 9.82. The Morgan fingerprint density at radius 1 is 1.30 bits per heavy atom. The molecule has 8 heteroatoms. The van der Waals surface area contributed by atoms with Crippen LogP contribution in [0, 0.1) is 11.2 Å². The average molecular weight is 407 g/mol. The van der Waals surface area contributed by atoms with Crippen molar-refractivity contribution in [3.8, 4) is 22.6 Å². The number of para-hydroxylation sites is 1. The third kappa shape index (κ3) is 2.16. The Morgan fingerprint density at radius 3 is 2.77 bits per heavy atom. The summed E-state index contributed by atoms with van der Waals surface area (Å²) in [6, 6.07) is 8.54. The number of fused-ring (bicyclic) bond motifs is 2. The SMILES string of the molecule is NC1CC12CCN(c1c(F)cn3c(=O)c(C(=O)O)cc4c3c1-c1ccccc1O4)C2. The van der Waals surface area contributed by atoms with E-state index in [1.807, 2.05) is 17.0 Å². The van der Waals surface area contributed by atoms with Crippen LogP contribution < -0.4 is 20.9 Å². The van der Waals surface area contributed by atoms with Gasteiger partial charge in [-0.25, -0.2) is 9.18 Å². The standard InChI is InChI=1S/C22H18FN3O4/c23-13-9-26-19-15(7-12(20(26)27)21(28)29)30-14-4-2-1-3-11(14)17(19)18(13)25-6-5-22(10-25)8-16(22)24/h1-4,7,9,16H,5-6,8,10,24H2,(H,28,29). The van der Waals surface area contributed by atoms with Crippen LogP contribution in [0.25, 0.3) is 16.6 Å². The molecule has 152 valence electrons. The Morgan fingerprint density at radius 2 is 2.07 bits per heavy atom. The minimum atomic E-state index is -1.39. The van der Waals surface area contributed by atoms with Crippen LogP contribution >= 0.6 is 0 Å². The van der Waals surface area contributed by atoms with E-state index in [9.17, 15) is 14.7 Å². The number of pyridine rings is 2. The van der Waals surface area contributed by atoms with Crippen molar-refractivity contribution >= 4 is 17.2 Å². The molecule has 6 rings (SSSR count). The summed E-state index contributed by atoms with van der Waals surface area (Å²) in [4.78, 5) is 26.4. The summed E-state index contributed by atoms with van der Waals surface area (Å²) in [6.07, 6.45) is 2.90. The molecular weight excluding hydrogens is 389 g/mol. The first-order valence-corrected chi connectivity index (χ1v) is 9.82. The summed E-state index contributed by atoms with van der Waals surface area (Å²) in [6.45, 7) is 1.33. The van der Waals surface area contributed by atoms with Crippen molar-refractivity contribution in [2.45, 2.75) is 18.9 Å². The Kier molecular flexibility index (Phi) is 3.26. The van der Waals surface area contributed by atoms with Crippen LogP contribution in [0.4, 0.5) is 10.1 Å². The van der Waals surface area contributed by atoms with E-state index >= 15 is 4.39 Å². The Bertz CT molecular complexity index is 1330. The van der Waals surface area contributed by atoms with Crippen molar-refractivity contribution in [3.05, 3.63) is 58.3 Å². The number of aromatic nitrogens is 1. The Balaban J connectivity index is 1.69. The minimum Gasteiger partial charge on any atom is -0.477 e. The highest BCUT2D eigenvalue weighted by molar-refractivity contribution is 6.00. The van der Waals surface area contributed by atoms with Crippen molar-refractivity contribution in [2.24, 2.45) is 11.1 Å². The van der Waals surface area contributed by atoms with Crippen molar-refractivity contribution in [3.63, 3.8) is 0 Å². The van der Waals surface area contributed by atoms with Gasteiger partial charge in [-0.2, -0.15) is 0 Å². The zero-order valence-corrected chi connectivity index (χ0v) is 15.9. The highest BCUT2D eigenvalue weighted by Gasteiger charge is 2.56. The zero-order valence-electron chi connectivity index (χ0n) is 15.9. The molecule has 2 aliphatic heterocycles. The number of benzene rings is 1. The molecule has 0 radical (unpaired) electrons. The van der Waals surface area contributed by atoms with Crippen LogP contribution in [-0.2, 0) is 0 Å². The molecule has 2 aromatic heterocycles. The van der Waals surface area contributed by atoms with E-state index in [0.717, 1.165) is 23.4 Å². The van der Waals surface area contributed by atoms with Gasteiger partial charge in [-0.1, -0.05) is 18.2 Å². The number of ether oxygens (including phenoxy) is 1. The fourth-order valence-electron chi connectivity index (χ4n) is 5.00. The van der Waals surface area contributed by atoms with E-state index in [1.54, 1.807) is 12.1 Å². The van der Waals surface area contributed by atoms with Gasteiger partial charge in [0, 0.05) is 41.7 Å². The first-order chi connectivity index (χ1) is 14.4. The van der Waals surface area contributed by atoms with E-state index in [-0.39, 0.29) is 17.2 Å². The number of carboxylic acid groups (broad SMARTS) is 1. The predicted molar refractivity (Wildman–Crippen MR) is 108 cm³/mol. The quantitative estimate of drug-likeness (QED) is 0.530. The number of aromatic carboxylic acids is 1. The molecule has 1 saturated heterocycles. The van der Waals surface area contributed by atoms with E-state index < -0.39 is 22.9 Å². The Labute approximate surface area is 170 Å². The van der Waals surface area contributed by atoms with Gasteiger partial charge in [-0.3, -0.25) is 9.20 Å². The Hall–Kier alpha value is -3.39. The van der Waals surface area contributed by atoms with E-state index in [4.69, 9.17) is 10.5 Å². The fraction of sp³-hybridized carbons (Fsp3) is 0.273. The molecule has 1 spiro atoms. The van der Waals surface area contributed by atoms with E-state index in [2.05, 4.69) is 0 Å². The number of carbonyl (C=O) groups is 1. The van der Waals surface area contributed by atoms with Gasteiger partial charge in [0.2, 0.25) is 0 Å². The molecule has 2 unspecified atom stereocenters. The molecule has 30 heavy (non-hydrogen) atoms. The van der Waals surface area contributed by atoms with Gasteiger partial charge in [0.05, 0.1) is 11.9 Å². The molecule has 2 fully saturated rings. The predicted octanol–water partition coefficient (Wildman–Crippen LogP) is 2.84. The number of rotatable bonds is 2. The second-order valence-electron chi connectivity index (χ2n) is 8.39.